The first-order valence-electron chi connectivity index (χ1n) is 4.69. The fourth-order valence-electron chi connectivity index (χ4n) is 1.12. The summed E-state index contributed by atoms with van der Waals surface area (Å²) in [4.78, 5) is 10.1. The Morgan fingerprint density at radius 1 is 1.25 bits per heavy atom. The van der Waals surface area contributed by atoms with Crippen LogP contribution in [0.3, 0.4) is 0 Å². The van der Waals surface area contributed by atoms with Gasteiger partial charge in [0.05, 0.1) is 6.10 Å². The van der Waals surface area contributed by atoms with Gasteiger partial charge in [0.1, 0.15) is 6.29 Å². The Kier molecular flexibility index (Phi) is 5.99. The van der Waals surface area contributed by atoms with Crippen LogP contribution in [0, 0.1) is 11.8 Å². The molecule has 0 bridgehead atoms. The van der Waals surface area contributed by atoms with Crippen molar-refractivity contribution in [3.63, 3.8) is 0 Å². The average molecular weight is 172 g/mol. The minimum absolute atomic E-state index is 0.248. The van der Waals surface area contributed by atoms with Crippen molar-refractivity contribution < 1.29 is 9.90 Å². The van der Waals surface area contributed by atoms with Crippen LogP contribution < -0.4 is 0 Å². The molecule has 0 fully saturated rings. The number of rotatable bonds is 6. The quantitative estimate of drug-likeness (QED) is 0.622. The highest BCUT2D eigenvalue weighted by molar-refractivity contribution is 5.50. The number of aldehydes is 1. The molecule has 2 heteroatoms. The van der Waals surface area contributed by atoms with Crippen LogP contribution in [0.2, 0.25) is 0 Å². The lowest BCUT2D eigenvalue weighted by Gasteiger charge is -2.17. The summed E-state index contributed by atoms with van der Waals surface area (Å²) >= 11 is 0. The van der Waals surface area contributed by atoms with Gasteiger partial charge in [-0.3, -0.25) is 0 Å². The average Bonchev–Trinajstić information content (AvgIpc) is 2.00. The van der Waals surface area contributed by atoms with Gasteiger partial charge >= 0.3 is 0 Å². The minimum Gasteiger partial charge on any atom is -0.392 e. The van der Waals surface area contributed by atoms with E-state index in [1.807, 2.05) is 6.92 Å². The number of carbonyl (C=O) groups is 1. The molecule has 72 valence electrons. The second kappa shape index (κ2) is 6.18. The SMILES string of the molecule is CC(C)CCC(C)C(O)CC=O. The molecular weight excluding hydrogens is 152 g/mol. The highest BCUT2D eigenvalue weighted by atomic mass is 16.3. The molecule has 0 radical (unpaired) electrons. The second-order valence-electron chi connectivity index (χ2n) is 3.92. The largest absolute Gasteiger partial charge is 0.392 e. The predicted molar refractivity (Wildman–Crippen MR) is 49.9 cm³/mol. The number of aliphatic hydroxyl groups excluding tert-OH is 1. The van der Waals surface area contributed by atoms with E-state index in [-0.39, 0.29) is 12.3 Å². The van der Waals surface area contributed by atoms with Crippen LogP contribution in [0.5, 0.6) is 0 Å². The summed E-state index contributed by atoms with van der Waals surface area (Å²) in [5.41, 5.74) is 0. The molecule has 0 aromatic rings. The van der Waals surface area contributed by atoms with Crippen molar-refractivity contribution in [3.8, 4) is 0 Å². The standard InChI is InChI=1S/C10H20O2/c1-8(2)4-5-9(3)10(12)6-7-11/h7-10,12H,4-6H2,1-3H3. The Bertz CT molecular complexity index is 121. The summed E-state index contributed by atoms with van der Waals surface area (Å²) in [5.74, 6) is 0.925. The van der Waals surface area contributed by atoms with Gasteiger partial charge in [-0.25, -0.2) is 0 Å². The molecule has 0 spiro atoms. The van der Waals surface area contributed by atoms with Gasteiger partial charge in [0.25, 0.3) is 0 Å². The smallest absolute Gasteiger partial charge is 0.122 e. The predicted octanol–water partition coefficient (Wildman–Crippen LogP) is 2.01. The maximum atomic E-state index is 10.1. The molecule has 12 heavy (non-hydrogen) atoms. The topological polar surface area (TPSA) is 37.3 Å². The lowest BCUT2D eigenvalue weighted by atomic mass is 9.93. The second-order valence-corrected chi connectivity index (χ2v) is 3.92. The van der Waals surface area contributed by atoms with E-state index >= 15 is 0 Å². The summed E-state index contributed by atoms with van der Waals surface area (Å²) in [6.07, 6.45) is 2.75. The van der Waals surface area contributed by atoms with Crippen LogP contribution in [0.15, 0.2) is 0 Å². The molecule has 0 aromatic heterocycles. The molecule has 2 atom stereocenters. The zero-order valence-corrected chi connectivity index (χ0v) is 8.29. The molecule has 0 saturated carbocycles. The summed E-state index contributed by atoms with van der Waals surface area (Å²) < 4.78 is 0. The summed E-state index contributed by atoms with van der Waals surface area (Å²) in [6.45, 7) is 6.33. The van der Waals surface area contributed by atoms with Crippen molar-refractivity contribution in [2.24, 2.45) is 11.8 Å². The van der Waals surface area contributed by atoms with Crippen molar-refractivity contribution in [2.45, 2.75) is 46.1 Å². The number of hydrogen-bond donors (Lipinski definition) is 1. The maximum Gasteiger partial charge on any atom is 0.122 e. The van der Waals surface area contributed by atoms with Crippen molar-refractivity contribution in [3.05, 3.63) is 0 Å². The van der Waals surface area contributed by atoms with Gasteiger partial charge < -0.3 is 9.90 Å². The van der Waals surface area contributed by atoms with Gasteiger partial charge in [-0.1, -0.05) is 27.2 Å². The highest BCUT2D eigenvalue weighted by Crippen LogP contribution is 2.16. The van der Waals surface area contributed by atoms with Crippen LogP contribution in [-0.4, -0.2) is 17.5 Å². The Hall–Kier alpha value is -0.370. The Morgan fingerprint density at radius 2 is 1.83 bits per heavy atom. The van der Waals surface area contributed by atoms with Crippen molar-refractivity contribution in [1.82, 2.24) is 0 Å². The van der Waals surface area contributed by atoms with E-state index in [2.05, 4.69) is 13.8 Å². The molecule has 0 aliphatic heterocycles. The fourth-order valence-corrected chi connectivity index (χ4v) is 1.12. The Labute approximate surface area is 75.0 Å². The van der Waals surface area contributed by atoms with Crippen LogP contribution in [-0.2, 0) is 4.79 Å². The van der Waals surface area contributed by atoms with E-state index < -0.39 is 6.10 Å². The van der Waals surface area contributed by atoms with Crippen LogP contribution >= 0.6 is 0 Å². The van der Waals surface area contributed by atoms with E-state index in [1.54, 1.807) is 0 Å². The molecule has 0 rings (SSSR count). The third-order valence-corrected chi connectivity index (χ3v) is 2.19. The van der Waals surface area contributed by atoms with Crippen molar-refractivity contribution in [1.29, 1.82) is 0 Å². The molecule has 0 aliphatic carbocycles. The molecule has 0 heterocycles. The fraction of sp³-hybridized carbons (Fsp3) is 0.900. The molecule has 0 saturated heterocycles. The van der Waals surface area contributed by atoms with Crippen LogP contribution in [0.4, 0.5) is 0 Å². The zero-order chi connectivity index (χ0) is 9.56. The minimum atomic E-state index is -0.443. The Balaban J connectivity index is 3.55. The molecule has 2 nitrogen and oxygen atoms in total. The van der Waals surface area contributed by atoms with Gasteiger partial charge in [-0.15, -0.1) is 0 Å². The monoisotopic (exact) mass is 172 g/mol. The lowest BCUT2D eigenvalue weighted by molar-refractivity contribution is -0.110. The van der Waals surface area contributed by atoms with Crippen LogP contribution in [0.25, 0.3) is 0 Å². The van der Waals surface area contributed by atoms with Gasteiger partial charge in [-0.05, 0) is 18.3 Å². The lowest BCUT2D eigenvalue weighted by Crippen LogP contribution is -2.18. The van der Waals surface area contributed by atoms with E-state index in [9.17, 15) is 9.90 Å². The maximum absolute atomic E-state index is 10.1. The first kappa shape index (κ1) is 11.6. The summed E-state index contributed by atoms with van der Waals surface area (Å²) in [7, 11) is 0. The van der Waals surface area contributed by atoms with Gasteiger partial charge in [-0.2, -0.15) is 0 Å². The Morgan fingerprint density at radius 3 is 2.25 bits per heavy atom. The number of hydrogen-bond acceptors (Lipinski definition) is 2. The number of aliphatic hydroxyl groups is 1. The van der Waals surface area contributed by atoms with E-state index in [4.69, 9.17) is 0 Å². The van der Waals surface area contributed by atoms with E-state index in [0.717, 1.165) is 19.1 Å². The summed E-state index contributed by atoms with van der Waals surface area (Å²) in [6, 6.07) is 0. The van der Waals surface area contributed by atoms with Crippen LogP contribution in [0.1, 0.15) is 40.0 Å². The molecule has 0 amide bonds. The molecule has 1 N–H and O–H groups in total. The molecule has 0 aliphatic rings. The van der Waals surface area contributed by atoms with E-state index in [0.29, 0.717) is 5.92 Å². The van der Waals surface area contributed by atoms with Gasteiger partial charge in [0.2, 0.25) is 0 Å². The first-order valence-corrected chi connectivity index (χ1v) is 4.69. The first-order chi connectivity index (χ1) is 5.57. The highest BCUT2D eigenvalue weighted by Gasteiger charge is 2.13. The summed E-state index contributed by atoms with van der Waals surface area (Å²) in [5, 5.41) is 9.40. The number of carbonyl (C=O) groups excluding carboxylic acids is 1. The van der Waals surface area contributed by atoms with E-state index in [1.165, 1.54) is 0 Å². The zero-order valence-electron chi connectivity index (χ0n) is 8.29. The molecule has 0 aromatic carbocycles. The van der Waals surface area contributed by atoms with Gasteiger partial charge in [0.15, 0.2) is 0 Å². The van der Waals surface area contributed by atoms with Crippen molar-refractivity contribution in [2.75, 3.05) is 0 Å². The van der Waals surface area contributed by atoms with Crippen molar-refractivity contribution >= 4 is 6.29 Å². The normalized spacial score (nSPS) is 16.1. The molecule has 2 unspecified atom stereocenters. The third-order valence-electron chi connectivity index (χ3n) is 2.19. The van der Waals surface area contributed by atoms with Gasteiger partial charge in [0, 0.05) is 6.42 Å². The molecular formula is C10H20O2. The third kappa shape index (κ3) is 5.30.